The zero-order chi connectivity index (χ0) is 19.3. The van der Waals surface area contributed by atoms with Crippen LogP contribution >= 0.6 is 22.9 Å². The van der Waals surface area contributed by atoms with Crippen molar-refractivity contribution in [3.8, 4) is 0 Å². The first kappa shape index (κ1) is 19.3. The van der Waals surface area contributed by atoms with Crippen molar-refractivity contribution in [2.45, 2.75) is 32.4 Å². The van der Waals surface area contributed by atoms with Gasteiger partial charge in [-0.3, -0.25) is 9.88 Å². The summed E-state index contributed by atoms with van der Waals surface area (Å²) in [7, 11) is 0. The number of pyridine rings is 1. The fourth-order valence-corrected chi connectivity index (χ4v) is 4.59. The number of nitrogens with one attached hydrogen (secondary N) is 1. The highest BCUT2D eigenvalue weighted by Crippen LogP contribution is 2.25. The molecule has 2 unspecified atom stereocenters. The van der Waals surface area contributed by atoms with E-state index in [4.69, 9.17) is 11.6 Å². The van der Waals surface area contributed by atoms with Crippen LogP contribution in [0.5, 0.6) is 0 Å². The van der Waals surface area contributed by atoms with E-state index < -0.39 is 0 Å². The SMILES string of the molecule is CC1CN(Cc2ccccn2)CCC1Nc1nnc(Cc2ccc(Cl)cc2)s1. The smallest absolute Gasteiger partial charge is 0.205 e. The van der Waals surface area contributed by atoms with E-state index in [1.165, 1.54) is 5.56 Å². The lowest BCUT2D eigenvalue weighted by Crippen LogP contribution is -2.44. The van der Waals surface area contributed by atoms with E-state index in [9.17, 15) is 0 Å². The van der Waals surface area contributed by atoms with Crippen molar-refractivity contribution in [2.75, 3.05) is 18.4 Å². The van der Waals surface area contributed by atoms with Crippen LogP contribution in [0.2, 0.25) is 5.02 Å². The molecule has 2 atom stereocenters. The maximum Gasteiger partial charge on any atom is 0.205 e. The zero-order valence-corrected chi connectivity index (χ0v) is 17.5. The molecular weight excluding hydrogens is 390 g/mol. The van der Waals surface area contributed by atoms with Gasteiger partial charge in [0.15, 0.2) is 0 Å². The van der Waals surface area contributed by atoms with E-state index in [2.05, 4.69) is 44.5 Å². The molecule has 7 heteroatoms. The number of piperidine rings is 1. The van der Waals surface area contributed by atoms with Crippen molar-refractivity contribution in [3.63, 3.8) is 0 Å². The molecule has 1 saturated heterocycles. The molecule has 1 aromatic carbocycles. The fourth-order valence-electron chi connectivity index (χ4n) is 3.63. The van der Waals surface area contributed by atoms with Gasteiger partial charge in [0, 0.05) is 43.3 Å². The summed E-state index contributed by atoms with van der Waals surface area (Å²) < 4.78 is 0. The number of nitrogens with zero attached hydrogens (tertiary/aromatic N) is 4. The van der Waals surface area contributed by atoms with Gasteiger partial charge in [0.05, 0.1) is 5.69 Å². The molecule has 1 aliphatic heterocycles. The van der Waals surface area contributed by atoms with Gasteiger partial charge < -0.3 is 5.32 Å². The van der Waals surface area contributed by atoms with Crippen molar-refractivity contribution in [1.29, 1.82) is 0 Å². The van der Waals surface area contributed by atoms with Crippen LogP contribution in [0.4, 0.5) is 5.13 Å². The van der Waals surface area contributed by atoms with Crippen molar-refractivity contribution in [3.05, 3.63) is 69.9 Å². The number of rotatable bonds is 6. The predicted molar refractivity (Wildman–Crippen MR) is 115 cm³/mol. The minimum atomic E-state index is 0.427. The van der Waals surface area contributed by atoms with Crippen LogP contribution < -0.4 is 5.32 Å². The minimum Gasteiger partial charge on any atom is -0.357 e. The minimum absolute atomic E-state index is 0.427. The molecule has 3 heterocycles. The predicted octanol–water partition coefficient (Wildman–Crippen LogP) is 4.50. The summed E-state index contributed by atoms with van der Waals surface area (Å²) in [5, 5.41) is 15.0. The summed E-state index contributed by atoms with van der Waals surface area (Å²) in [6.45, 7) is 5.35. The number of halogens is 1. The highest BCUT2D eigenvalue weighted by molar-refractivity contribution is 7.15. The highest BCUT2D eigenvalue weighted by Gasteiger charge is 2.27. The molecule has 3 aromatic rings. The first-order valence-corrected chi connectivity index (χ1v) is 10.8. The molecule has 0 amide bonds. The summed E-state index contributed by atoms with van der Waals surface area (Å²) in [5.74, 6) is 0.543. The Balaban J connectivity index is 1.30. The number of anilines is 1. The Hall–Kier alpha value is -2.02. The largest absolute Gasteiger partial charge is 0.357 e. The fraction of sp³-hybridized carbons (Fsp3) is 0.381. The number of hydrogen-bond donors (Lipinski definition) is 1. The lowest BCUT2D eigenvalue weighted by molar-refractivity contribution is 0.163. The second kappa shape index (κ2) is 8.99. The van der Waals surface area contributed by atoms with Crippen molar-refractivity contribution < 1.29 is 0 Å². The quantitative estimate of drug-likeness (QED) is 0.644. The molecule has 4 rings (SSSR count). The number of likely N-dealkylation sites (tertiary alicyclic amines) is 1. The van der Waals surface area contributed by atoms with Crippen LogP contribution in [0, 0.1) is 5.92 Å². The van der Waals surface area contributed by atoms with Crippen LogP contribution in [-0.2, 0) is 13.0 Å². The van der Waals surface area contributed by atoms with E-state index >= 15 is 0 Å². The third kappa shape index (κ3) is 5.07. The highest BCUT2D eigenvalue weighted by atomic mass is 35.5. The Morgan fingerprint density at radius 2 is 2.04 bits per heavy atom. The second-order valence-corrected chi connectivity index (χ2v) is 8.88. The monoisotopic (exact) mass is 413 g/mol. The van der Waals surface area contributed by atoms with Crippen LogP contribution in [0.1, 0.15) is 29.6 Å². The van der Waals surface area contributed by atoms with Crippen molar-refractivity contribution in [2.24, 2.45) is 5.92 Å². The molecule has 0 radical (unpaired) electrons. The Morgan fingerprint density at radius 1 is 1.18 bits per heavy atom. The van der Waals surface area contributed by atoms with Gasteiger partial charge in [0.2, 0.25) is 5.13 Å². The van der Waals surface area contributed by atoms with Crippen molar-refractivity contribution >= 4 is 28.1 Å². The Bertz CT molecular complexity index is 883. The molecule has 28 heavy (non-hydrogen) atoms. The lowest BCUT2D eigenvalue weighted by atomic mass is 9.94. The Kier molecular flexibility index (Phi) is 6.20. The second-order valence-electron chi connectivity index (χ2n) is 7.38. The number of hydrogen-bond acceptors (Lipinski definition) is 6. The molecule has 0 spiro atoms. The van der Waals surface area contributed by atoms with E-state index in [0.717, 1.165) is 53.3 Å². The van der Waals surface area contributed by atoms with Crippen LogP contribution in [-0.4, -0.2) is 39.2 Å². The zero-order valence-electron chi connectivity index (χ0n) is 15.9. The maximum atomic E-state index is 5.95. The first-order chi connectivity index (χ1) is 13.7. The summed E-state index contributed by atoms with van der Waals surface area (Å²) in [6, 6.07) is 14.4. The molecule has 5 nitrogen and oxygen atoms in total. The van der Waals surface area contributed by atoms with Gasteiger partial charge in [0.25, 0.3) is 0 Å². The molecule has 2 aromatic heterocycles. The molecule has 0 saturated carbocycles. The average molecular weight is 414 g/mol. The van der Waals surface area contributed by atoms with Crippen molar-refractivity contribution in [1.82, 2.24) is 20.1 Å². The van der Waals surface area contributed by atoms with Gasteiger partial charge >= 0.3 is 0 Å². The maximum absolute atomic E-state index is 5.95. The number of benzene rings is 1. The Morgan fingerprint density at radius 3 is 2.79 bits per heavy atom. The van der Waals surface area contributed by atoms with E-state index in [1.807, 2.05) is 36.5 Å². The average Bonchev–Trinajstić information content (AvgIpc) is 3.14. The first-order valence-electron chi connectivity index (χ1n) is 9.61. The molecule has 0 aliphatic carbocycles. The van der Waals surface area contributed by atoms with Gasteiger partial charge in [-0.15, -0.1) is 10.2 Å². The van der Waals surface area contributed by atoms with E-state index in [0.29, 0.717) is 12.0 Å². The number of aromatic nitrogens is 3. The normalized spacial score (nSPS) is 20.2. The molecule has 1 N–H and O–H groups in total. The molecule has 1 fully saturated rings. The van der Waals surface area contributed by atoms with Gasteiger partial charge in [-0.2, -0.15) is 0 Å². The van der Waals surface area contributed by atoms with Crippen LogP contribution in [0.15, 0.2) is 48.7 Å². The van der Waals surface area contributed by atoms with Gasteiger partial charge in [0.1, 0.15) is 5.01 Å². The summed E-state index contributed by atoms with van der Waals surface area (Å²) in [4.78, 5) is 6.93. The van der Waals surface area contributed by atoms with Gasteiger partial charge in [-0.1, -0.05) is 48.1 Å². The lowest BCUT2D eigenvalue weighted by Gasteiger charge is -2.37. The molecular formula is C21H24ClN5S. The summed E-state index contributed by atoms with van der Waals surface area (Å²) in [6.07, 6.45) is 3.75. The van der Waals surface area contributed by atoms with Gasteiger partial charge in [-0.05, 0) is 42.2 Å². The summed E-state index contributed by atoms with van der Waals surface area (Å²) in [5.41, 5.74) is 2.33. The molecule has 146 valence electrons. The topological polar surface area (TPSA) is 53.9 Å². The van der Waals surface area contributed by atoms with Crippen LogP contribution in [0.25, 0.3) is 0 Å². The molecule has 0 bridgehead atoms. The third-order valence-corrected chi connectivity index (χ3v) is 6.25. The Labute approximate surface area is 174 Å². The van der Waals surface area contributed by atoms with Crippen LogP contribution in [0.3, 0.4) is 0 Å². The van der Waals surface area contributed by atoms with Gasteiger partial charge in [-0.25, -0.2) is 0 Å². The standard InChI is InChI=1S/C21H24ClN5S/c1-15-13-27(14-18-4-2-3-10-23-18)11-9-19(15)24-21-26-25-20(28-21)12-16-5-7-17(22)8-6-16/h2-8,10,15,19H,9,11-14H2,1H3,(H,24,26). The summed E-state index contributed by atoms with van der Waals surface area (Å²) >= 11 is 7.60. The third-order valence-electron chi connectivity index (χ3n) is 5.15. The van der Waals surface area contributed by atoms with E-state index in [1.54, 1.807) is 11.3 Å². The van der Waals surface area contributed by atoms with E-state index in [-0.39, 0.29) is 0 Å². The molecule has 1 aliphatic rings.